The Morgan fingerprint density at radius 1 is 0.266 bits per heavy atom. The molecule has 0 saturated heterocycles. The Morgan fingerprint density at radius 2 is 0.750 bits per heavy atom. The fourth-order valence-electron chi connectivity index (χ4n) is 10.5. The van der Waals surface area contributed by atoms with E-state index in [1.165, 1.54) is 98.1 Å². The van der Waals surface area contributed by atoms with Crippen molar-refractivity contribution in [1.29, 1.82) is 0 Å². The van der Waals surface area contributed by atoms with Crippen LogP contribution in [0.4, 0.5) is 17.1 Å². The van der Waals surface area contributed by atoms with E-state index in [4.69, 9.17) is 0 Å². The van der Waals surface area contributed by atoms with Gasteiger partial charge < -0.3 is 9.47 Å². The zero-order valence-corrected chi connectivity index (χ0v) is 35.0. The molecule has 0 atom stereocenters. The summed E-state index contributed by atoms with van der Waals surface area (Å²) in [4.78, 5) is 2.49. The fourth-order valence-corrected chi connectivity index (χ4v) is 10.5. The van der Waals surface area contributed by atoms with Crippen LogP contribution in [0.15, 0.2) is 243 Å². The molecule has 0 saturated carbocycles. The molecule has 64 heavy (non-hydrogen) atoms. The SMILES string of the molecule is c1ccc(-c2c(-c3ccccc3)c3cc(N(c4ccc5c6ccccc6n(-c6cccc7ccccc67)c5c4)c4cccc5c4ccc4ccccc45)ccc3c3ccccc23)cc1. The highest BCUT2D eigenvalue weighted by Crippen LogP contribution is 2.48. The van der Waals surface area contributed by atoms with Crippen molar-refractivity contribution in [2.24, 2.45) is 0 Å². The smallest absolute Gasteiger partial charge is 0.0562 e. The molecule has 0 aliphatic rings. The Kier molecular flexibility index (Phi) is 8.25. The summed E-state index contributed by atoms with van der Waals surface area (Å²) >= 11 is 0. The fraction of sp³-hybridized carbons (Fsp3) is 0. The number of aromatic nitrogens is 1. The maximum absolute atomic E-state index is 2.49. The quantitative estimate of drug-likeness (QED) is 0.152. The number of hydrogen-bond acceptors (Lipinski definition) is 1. The third-order valence-electron chi connectivity index (χ3n) is 13.3. The van der Waals surface area contributed by atoms with Gasteiger partial charge in [-0.15, -0.1) is 0 Å². The van der Waals surface area contributed by atoms with E-state index in [1.54, 1.807) is 0 Å². The standard InChI is InChI=1S/C62H40N2/c1-3-19-43(20-4-1)61-55-28-12-11-26-50(55)51-37-34-45(39-56(51)62(61)44-21-5-2-6-22-44)63(58-32-16-29-49-47-24-9-7-18-42(47)33-36-53(49)58)46-35-38-54-52-27-13-14-30-59(52)64(60(54)40-46)57-31-15-23-41-17-8-10-25-48(41)57/h1-40H. The van der Waals surface area contributed by atoms with Crippen LogP contribution in [0.3, 0.4) is 0 Å². The summed E-state index contributed by atoms with van der Waals surface area (Å²) in [7, 11) is 0. The molecule has 0 unspecified atom stereocenters. The van der Waals surface area contributed by atoms with Gasteiger partial charge in [-0.05, 0) is 108 Å². The Labute approximate surface area is 371 Å². The lowest BCUT2D eigenvalue weighted by molar-refractivity contribution is 1.19. The highest BCUT2D eigenvalue weighted by molar-refractivity contribution is 6.23. The second-order valence-corrected chi connectivity index (χ2v) is 16.8. The predicted octanol–water partition coefficient (Wildman–Crippen LogP) is 17.4. The highest BCUT2D eigenvalue weighted by Gasteiger charge is 2.23. The first-order valence-electron chi connectivity index (χ1n) is 22.1. The zero-order valence-electron chi connectivity index (χ0n) is 35.0. The molecule has 0 amide bonds. The number of anilines is 3. The van der Waals surface area contributed by atoms with Crippen LogP contribution in [0, 0.1) is 0 Å². The van der Waals surface area contributed by atoms with Crippen LogP contribution in [0.5, 0.6) is 0 Å². The van der Waals surface area contributed by atoms with Crippen molar-refractivity contribution in [2.45, 2.75) is 0 Å². The molecule has 13 aromatic rings. The first-order chi connectivity index (χ1) is 31.8. The van der Waals surface area contributed by atoms with Gasteiger partial charge >= 0.3 is 0 Å². The topological polar surface area (TPSA) is 8.17 Å². The molecular formula is C62H40N2. The molecule has 12 aromatic carbocycles. The Hall–Kier alpha value is -8.46. The molecule has 0 radical (unpaired) electrons. The van der Waals surface area contributed by atoms with E-state index in [0.29, 0.717) is 0 Å². The van der Waals surface area contributed by atoms with Crippen LogP contribution >= 0.6 is 0 Å². The van der Waals surface area contributed by atoms with Crippen LogP contribution < -0.4 is 4.90 Å². The molecular weight excluding hydrogens is 773 g/mol. The van der Waals surface area contributed by atoms with Crippen LogP contribution in [0.1, 0.15) is 0 Å². The van der Waals surface area contributed by atoms with Gasteiger partial charge in [-0.2, -0.15) is 0 Å². The number of para-hydroxylation sites is 1. The summed E-state index contributed by atoms with van der Waals surface area (Å²) in [5.74, 6) is 0. The van der Waals surface area contributed by atoms with Gasteiger partial charge in [0.25, 0.3) is 0 Å². The number of fused-ring (bicyclic) bond motifs is 10. The van der Waals surface area contributed by atoms with Gasteiger partial charge in [-0.25, -0.2) is 0 Å². The summed E-state index contributed by atoms with van der Waals surface area (Å²) in [5.41, 5.74) is 11.7. The van der Waals surface area contributed by atoms with Crippen LogP contribution in [0.25, 0.3) is 104 Å². The molecule has 0 aliphatic carbocycles. The lowest BCUT2D eigenvalue weighted by Gasteiger charge is -2.28. The lowest BCUT2D eigenvalue weighted by Crippen LogP contribution is -2.11. The largest absolute Gasteiger partial charge is 0.310 e. The lowest BCUT2D eigenvalue weighted by atomic mass is 9.85. The monoisotopic (exact) mass is 812 g/mol. The van der Waals surface area contributed by atoms with E-state index < -0.39 is 0 Å². The molecule has 1 aromatic heterocycles. The summed E-state index contributed by atoms with van der Waals surface area (Å²) in [6.45, 7) is 0. The number of nitrogens with zero attached hydrogens (tertiary/aromatic N) is 2. The van der Waals surface area contributed by atoms with Gasteiger partial charge in [0.05, 0.1) is 22.4 Å². The summed E-state index contributed by atoms with van der Waals surface area (Å²) in [6.07, 6.45) is 0. The van der Waals surface area contributed by atoms with E-state index in [1.807, 2.05) is 0 Å². The van der Waals surface area contributed by atoms with E-state index in [-0.39, 0.29) is 0 Å². The maximum Gasteiger partial charge on any atom is 0.0562 e. The van der Waals surface area contributed by atoms with Crippen molar-refractivity contribution in [3.8, 4) is 27.9 Å². The van der Waals surface area contributed by atoms with E-state index in [9.17, 15) is 0 Å². The first-order valence-corrected chi connectivity index (χ1v) is 22.1. The average Bonchev–Trinajstić information content (AvgIpc) is 3.69. The molecule has 0 fully saturated rings. The molecule has 0 spiro atoms. The van der Waals surface area contributed by atoms with Crippen molar-refractivity contribution in [3.63, 3.8) is 0 Å². The van der Waals surface area contributed by atoms with Gasteiger partial charge in [-0.1, -0.05) is 200 Å². The maximum atomic E-state index is 2.49. The van der Waals surface area contributed by atoms with E-state index in [0.717, 1.165) is 22.6 Å². The minimum Gasteiger partial charge on any atom is -0.310 e. The summed E-state index contributed by atoms with van der Waals surface area (Å²) in [6, 6.07) is 89.3. The zero-order chi connectivity index (χ0) is 42.1. The van der Waals surface area contributed by atoms with E-state index >= 15 is 0 Å². The molecule has 298 valence electrons. The summed E-state index contributed by atoms with van der Waals surface area (Å²) < 4.78 is 2.47. The van der Waals surface area contributed by atoms with Crippen LogP contribution in [-0.4, -0.2) is 4.57 Å². The van der Waals surface area contributed by atoms with Crippen LogP contribution in [0.2, 0.25) is 0 Å². The molecule has 13 rings (SSSR count). The summed E-state index contributed by atoms with van der Waals surface area (Å²) in [5, 5.41) is 14.7. The molecule has 2 heteroatoms. The van der Waals surface area contributed by atoms with Crippen molar-refractivity contribution in [2.75, 3.05) is 4.90 Å². The van der Waals surface area contributed by atoms with Crippen molar-refractivity contribution < 1.29 is 0 Å². The normalized spacial score (nSPS) is 11.8. The van der Waals surface area contributed by atoms with Crippen molar-refractivity contribution >= 4 is 92.7 Å². The number of hydrogen-bond donors (Lipinski definition) is 0. The van der Waals surface area contributed by atoms with E-state index in [2.05, 4.69) is 252 Å². The Balaban J connectivity index is 1.15. The minimum absolute atomic E-state index is 1.09. The Bertz CT molecular complexity index is 3950. The Morgan fingerprint density at radius 3 is 1.52 bits per heavy atom. The number of benzene rings is 12. The third kappa shape index (κ3) is 5.59. The number of rotatable bonds is 6. The van der Waals surface area contributed by atoms with Gasteiger partial charge in [0.15, 0.2) is 0 Å². The van der Waals surface area contributed by atoms with Gasteiger partial charge in [0.1, 0.15) is 0 Å². The van der Waals surface area contributed by atoms with Gasteiger partial charge in [-0.3, -0.25) is 0 Å². The molecule has 2 nitrogen and oxygen atoms in total. The molecule has 0 aliphatic heterocycles. The highest BCUT2D eigenvalue weighted by atomic mass is 15.1. The van der Waals surface area contributed by atoms with Crippen molar-refractivity contribution in [3.05, 3.63) is 243 Å². The second kappa shape index (κ2) is 14.6. The predicted molar refractivity (Wildman–Crippen MR) is 274 cm³/mol. The van der Waals surface area contributed by atoms with Gasteiger partial charge in [0.2, 0.25) is 0 Å². The molecule has 0 N–H and O–H groups in total. The minimum atomic E-state index is 1.09. The first kappa shape index (κ1) is 36.2. The third-order valence-corrected chi connectivity index (χ3v) is 13.3. The van der Waals surface area contributed by atoms with Crippen molar-refractivity contribution in [1.82, 2.24) is 4.57 Å². The van der Waals surface area contributed by atoms with Gasteiger partial charge in [0, 0.05) is 32.9 Å². The molecule has 0 bridgehead atoms. The average molecular weight is 813 g/mol. The molecule has 1 heterocycles. The van der Waals surface area contributed by atoms with Crippen LogP contribution in [-0.2, 0) is 0 Å². The second-order valence-electron chi connectivity index (χ2n) is 16.8.